The molecule has 2 N–H and O–H groups in total. The van der Waals surface area contributed by atoms with E-state index in [9.17, 15) is 14.3 Å². The lowest BCUT2D eigenvalue weighted by Gasteiger charge is -2.12. The highest BCUT2D eigenvalue weighted by Gasteiger charge is 2.20. The van der Waals surface area contributed by atoms with E-state index in [0.29, 0.717) is 5.69 Å². The van der Waals surface area contributed by atoms with E-state index in [4.69, 9.17) is 11.6 Å². The number of carbonyl (C=O) groups excluding carboxylic acids is 1. The lowest BCUT2D eigenvalue weighted by Crippen LogP contribution is -2.28. The van der Waals surface area contributed by atoms with Crippen molar-refractivity contribution in [2.75, 3.05) is 6.54 Å². The van der Waals surface area contributed by atoms with E-state index < -0.39 is 17.8 Å². The number of aliphatic hydroxyl groups excluding tert-OH is 1. The van der Waals surface area contributed by atoms with Crippen LogP contribution in [0.25, 0.3) is 27.9 Å². The molecule has 1 amide bonds. The first-order valence-corrected chi connectivity index (χ1v) is 11.8. The summed E-state index contributed by atoms with van der Waals surface area (Å²) in [4.78, 5) is 18.1. The van der Waals surface area contributed by atoms with E-state index in [2.05, 4.69) is 20.5 Å². The number of carbonyl (C=O) groups is 1. The molecule has 0 aliphatic heterocycles. The molecule has 5 rings (SSSR count). The zero-order chi connectivity index (χ0) is 24.7. The number of pyridine rings is 1. The van der Waals surface area contributed by atoms with Crippen LogP contribution in [0, 0.1) is 12.7 Å². The Morgan fingerprint density at radius 2 is 2.03 bits per heavy atom. The molecular formula is C24H20ClFN6O2S. The number of aromatic nitrogens is 5. The van der Waals surface area contributed by atoms with Crippen LogP contribution < -0.4 is 5.32 Å². The van der Waals surface area contributed by atoms with Gasteiger partial charge in [-0.2, -0.15) is 10.2 Å². The smallest absolute Gasteiger partial charge is 0.280 e. The summed E-state index contributed by atoms with van der Waals surface area (Å²) >= 11 is 7.10. The van der Waals surface area contributed by atoms with E-state index in [1.807, 2.05) is 38.5 Å². The minimum atomic E-state index is -1.11. The van der Waals surface area contributed by atoms with Crippen molar-refractivity contribution in [3.8, 4) is 22.4 Å². The summed E-state index contributed by atoms with van der Waals surface area (Å²) in [6, 6.07) is 7.74. The molecule has 0 bridgehead atoms. The summed E-state index contributed by atoms with van der Waals surface area (Å²) in [5.41, 5.74) is 4.58. The molecule has 1 unspecified atom stereocenters. The van der Waals surface area contributed by atoms with Crippen LogP contribution in [0.4, 0.5) is 4.39 Å². The second kappa shape index (κ2) is 9.21. The maximum absolute atomic E-state index is 13.6. The monoisotopic (exact) mass is 510 g/mol. The largest absolute Gasteiger partial charge is 0.387 e. The molecule has 0 saturated carbocycles. The molecule has 4 heterocycles. The Labute approximate surface area is 208 Å². The van der Waals surface area contributed by atoms with Gasteiger partial charge in [0.2, 0.25) is 0 Å². The number of aliphatic hydroxyl groups is 1. The Morgan fingerprint density at radius 1 is 1.20 bits per heavy atom. The standard InChI is InChI=1S/C24H20ClFN6O2S/c1-13-22(19-9-29-32-12-14(3-4-20(19)32)16-8-28-31(2)11-16)30-24(35-13)23(34)27-10-21(33)15-5-17(25)7-18(26)6-15/h3-9,11-12,21,33H,10H2,1-2H3,(H,27,34). The molecule has 0 spiro atoms. The van der Waals surface area contributed by atoms with Gasteiger partial charge in [0.1, 0.15) is 5.82 Å². The molecule has 0 aliphatic rings. The average Bonchev–Trinajstić information content (AvgIpc) is 3.54. The quantitative estimate of drug-likeness (QED) is 0.352. The van der Waals surface area contributed by atoms with E-state index in [1.165, 1.54) is 23.5 Å². The molecule has 0 saturated heterocycles. The van der Waals surface area contributed by atoms with Crippen LogP contribution in [0.5, 0.6) is 0 Å². The number of halogens is 2. The second-order valence-corrected chi connectivity index (χ2v) is 9.70. The van der Waals surface area contributed by atoms with Gasteiger partial charge in [-0.25, -0.2) is 13.9 Å². The van der Waals surface area contributed by atoms with Gasteiger partial charge in [-0.15, -0.1) is 11.3 Å². The summed E-state index contributed by atoms with van der Waals surface area (Å²) < 4.78 is 17.1. The van der Waals surface area contributed by atoms with Gasteiger partial charge in [-0.3, -0.25) is 9.48 Å². The first kappa shape index (κ1) is 23.2. The van der Waals surface area contributed by atoms with Crippen molar-refractivity contribution in [1.29, 1.82) is 0 Å². The van der Waals surface area contributed by atoms with Crippen LogP contribution in [0.3, 0.4) is 0 Å². The van der Waals surface area contributed by atoms with Crippen LogP contribution >= 0.6 is 22.9 Å². The lowest BCUT2D eigenvalue weighted by molar-refractivity contribution is 0.0916. The Morgan fingerprint density at radius 3 is 2.77 bits per heavy atom. The minimum absolute atomic E-state index is 0.111. The van der Waals surface area contributed by atoms with Crippen molar-refractivity contribution in [2.24, 2.45) is 7.05 Å². The van der Waals surface area contributed by atoms with Crippen molar-refractivity contribution in [3.05, 3.63) is 81.4 Å². The number of nitrogens with zero attached hydrogens (tertiary/aromatic N) is 5. The van der Waals surface area contributed by atoms with Gasteiger partial charge in [0.05, 0.1) is 29.7 Å². The van der Waals surface area contributed by atoms with Gasteiger partial charge >= 0.3 is 0 Å². The summed E-state index contributed by atoms with van der Waals surface area (Å²) in [5.74, 6) is -0.986. The number of nitrogens with one attached hydrogen (secondary N) is 1. The molecular weight excluding hydrogens is 491 g/mol. The van der Waals surface area contributed by atoms with Crippen LogP contribution in [-0.2, 0) is 7.05 Å². The third-order valence-electron chi connectivity index (χ3n) is 5.53. The van der Waals surface area contributed by atoms with E-state index in [0.717, 1.165) is 33.2 Å². The molecule has 8 nitrogen and oxygen atoms in total. The summed E-state index contributed by atoms with van der Waals surface area (Å²) in [6.07, 6.45) is 6.26. The summed E-state index contributed by atoms with van der Waals surface area (Å²) in [7, 11) is 1.87. The Bertz CT molecular complexity index is 1540. The fraction of sp³-hybridized carbons (Fsp3) is 0.167. The van der Waals surface area contributed by atoms with Crippen LogP contribution in [0.1, 0.15) is 26.3 Å². The van der Waals surface area contributed by atoms with Crippen molar-refractivity contribution in [2.45, 2.75) is 13.0 Å². The van der Waals surface area contributed by atoms with Gasteiger partial charge in [0.15, 0.2) is 5.01 Å². The first-order valence-electron chi connectivity index (χ1n) is 10.6. The zero-order valence-electron chi connectivity index (χ0n) is 18.7. The predicted molar refractivity (Wildman–Crippen MR) is 132 cm³/mol. The van der Waals surface area contributed by atoms with Gasteiger partial charge in [0.25, 0.3) is 5.91 Å². The fourth-order valence-electron chi connectivity index (χ4n) is 3.80. The minimum Gasteiger partial charge on any atom is -0.387 e. The molecule has 1 aromatic carbocycles. The van der Waals surface area contributed by atoms with Crippen LogP contribution in [-0.4, -0.2) is 41.9 Å². The molecule has 1 atom stereocenters. The number of aryl methyl sites for hydroxylation is 2. The van der Waals surface area contributed by atoms with Gasteiger partial charge < -0.3 is 10.4 Å². The first-order chi connectivity index (χ1) is 16.8. The average molecular weight is 511 g/mol. The topological polar surface area (TPSA) is 97.3 Å². The number of amides is 1. The molecule has 5 aromatic rings. The molecule has 0 aliphatic carbocycles. The Kier molecular flexibility index (Phi) is 6.10. The number of benzene rings is 1. The van der Waals surface area contributed by atoms with Crippen LogP contribution in [0.15, 0.2) is 55.1 Å². The number of hydrogen-bond donors (Lipinski definition) is 2. The predicted octanol–water partition coefficient (Wildman–Crippen LogP) is 4.42. The zero-order valence-corrected chi connectivity index (χ0v) is 20.3. The number of rotatable bonds is 6. The molecule has 0 radical (unpaired) electrons. The Hall–Kier alpha value is -3.60. The highest BCUT2D eigenvalue weighted by Crippen LogP contribution is 2.32. The summed E-state index contributed by atoms with van der Waals surface area (Å²) in [6.45, 7) is 1.78. The summed E-state index contributed by atoms with van der Waals surface area (Å²) in [5, 5.41) is 22.1. The van der Waals surface area contributed by atoms with E-state index >= 15 is 0 Å². The molecule has 4 aromatic heterocycles. The maximum Gasteiger partial charge on any atom is 0.280 e. The highest BCUT2D eigenvalue weighted by atomic mass is 35.5. The second-order valence-electron chi connectivity index (χ2n) is 8.06. The molecule has 178 valence electrons. The SMILES string of the molecule is Cc1sc(C(=O)NCC(O)c2cc(F)cc(Cl)c2)nc1-c1cnn2cc(-c3cnn(C)c3)ccc12. The highest BCUT2D eigenvalue weighted by molar-refractivity contribution is 7.14. The van der Waals surface area contributed by atoms with Gasteiger partial charge in [-0.1, -0.05) is 17.7 Å². The number of fused-ring (bicyclic) bond motifs is 1. The number of thiazole rings is 1. The van der Waals surface area contributed by atoms with E-state index in [1.54, 1.807) is 21.6 Å². The molecule has 0 fully saturated rings. The van der Waals surface area contributed by atoms with Crippen LogP contribution in [0.2, 0.25) is 5.02 Å². The van der Waals surface area contributed by atoms with Crippen molar-refractivity contribution in [3.63, 3.8) is 0 Å². The normalized spacial score (nSPS) is 12.3. The lowest BCUT2D eigenvalue weighted by atomic mass is 10.1. The molecule has 11 heteroatoms. The van der Waals surface area contributed by atoms with E-state index in [-0.39, 0.29) is 22.1 Å². The van der Waals surface area contributed by atoms with Gasteiger partial charge in [-0.05, 0) is 36.8 Å². The van der Waals surface area contributed by atoms with Gasteiger partial charge in [0, 0.05) is 52.6 Å². The maximum atomic E-state index is 13.6. The third kappa shape index (κ3) is 4.68. The third-order valence-corrected chi connectivity index (χ3v) is 6.71. The molecule has 35 heavy (non-hydrogen) atoms. The Balaban J connectivity index is 1.34. The van der Waals surface area contributed by atoms with Crippen molar-refractivity contribution in [1.82, 2.24) is 29.7 Å². The van der Waals surface area contributed by atoms with Crippen molar-refractivity contribution < 1.29 is 14.3 Å². The number of hydrogen-bond acceptors (Lipinski definition) is 6. The van der Waals surface area contributed by atoms with Crippen molar-refractivity contribution >= 4 is 34.4 Å². The fourth-order valence-corrected chi connectivity index (χ4v) is 4.88.